The number of rotatable bonds is 8. The van der Waals surface area contributed by atoms with Crippen molar-refractivity contribution in [3.05, 3.63) is 96.0 Å². The Labute approximate surface area is 227 Å². The molecule has 0 unspecified atom stereocenters. The van der Waals surface area contributed by atoms with Gasteiger partial charge in [-0.2, -0.15) is 0 Å². The molecule has 0 atom stereocenters. The molecule has 2 aliphatic rings. The number of benzene rings is 2. The summed E-state index contributed by atoms with van der Waals surface area (Å²) >= 11 is -4.66. The fraction of sp³-hybridized carbons (Fsp3) is 0.185. The Morgan fingerprint density at radius 3 is 2.67 bits per heavy atom. The van der Waals surface area contributed by atoms with Crippen LogP contribution < -0.4 is 5.32 Å². The molecule has 0 aliphatic carbocycles. The molecule has 0 aromatic heterocycles. The van der Waals surface area contributed by atoms with Gasteiger partial charge in [0.15, 0.2) is 0 Å². The van der Waals surface area contributed by atoms with Gasteiger partial charge < -0.3 is 0 Å². The first-order valence-corrected chi connectivity index (χ1v) is 21.4. The molecule has 2 aromatic rings. The molecule has 0 spiro atoms. The molecule has 0 fully saturated rings. The van der Waals surface area contributed by atoms with Gasteiger partial charge in [-0.3, -0.25) is 0 Å². The quantitative estimate of drug-likeness (QED) is 0.0829. The van der Waals surface area contributed by atoms with Crippen molar-refractivity contribution in [2.75, 3.05) is 11.0 Å². The molecular weight excluding hydrogens is 697 g/mol. The van der Waals surface area contributed by atoms with Crippen molar-refractivity contribution in [2.24, 2.45) is 3.21 Å². The second-order valence-corrected chi connectivity index (χ2v) is 23.3. The van der Waals surface area contributed by atoms with Crippen molar-refractivity contribution >= 4 is 70.6 Å². The van der Waals surface area contributed by atoms with E-state index in [1.165, 1.54) is 8.99 Å². The molecule has 2 aliphatic heterocycles. The fourth-order valence-electron chi connectivity index (χ4n) is 3.62. The molecule has 2 N–H and O–H groups in total. The summed E-state index contributed by atoms with van der Waals surface area (Å²) in [5, 5.41) is 15.2. The Kier molecular flexibility index (Phi) is 9.33. The van der Waals surface area contributed by atoms with Gasteiger partial charge in [0.05, 0.1) is 0 Å². The number of para-hydroxylation sites is 1. The summed E-state index contributed by atoms with van der Waals surface area (Å²) in [6.45, 7) is 0.695. The summed E-state index contributed by atoms with van der Waals surface area (Å²) in [7, 11) is 2.84. The van der Waals surface area contributed by atoms with Crippen molar-refractivity contribution in [1.82, 2.24) is 5.32 Å². The van der Waals surface area contributed by atoms with E-state index in [0.717, 1.165) is 45.1 Å². The third-order valence-corrected chi connectivity index (χ3v) is 20.0. The standard InChI is InChI=1S/C27H27BI2N2O3S/c1-29(36(34,35)18-15-21-9-3-2-4-10-21)16-7-8-17-31-27-19-22(23-11-5-6-12-26(23)33)13-14-25-24(28)20-32-30(25)27/h1-6,9-13,15,18-20,31,33H,7-8,14,16-17H2/b18-15+. The van der Waals surface area contributed by atoms with E-state index in [1.807, 2.05) is 42.5 Å². The van der Waals surface area contributed by atoms with Crippen LogP contribution >= 0.6 is 37.8 Å². The number of halogens is 2. The van der Waals surface area contributed by atoms with Gasteiger partial charge in [-0.25, -0.2) is 0 Å². The summed E-state index contributed by atoms with van der Waals surface area (Å²) in [6.07, 6.45) is 9.84. The van der Waals surface area contributed by atoms with Crippen LogP contribution in [0.25, 0.3) is 11.6 Å². The molecule has 9 heteroatoms. The van der Waals surface area contributed by atoms with E-state index in [1.54, 1.807) is 24.4 Å². The van der Waals surface area contributed by atoms with E-state index < -0.39 is 44.9 Å². The molecule has 2 radical (unpaired) electrons. The Balaban J connectivity index is 1.36. The molecule has 0 bridgehead atoms. The van der Waals surface area contributed by atoms with Gasteiger partial charge in [0.25, 0.3) is 0 Å². The van der Waals surface area contributed by atoms with Crippen LogP contribution in [0, 0.1) is 4.31 Å². The second kappa shape index (κ2) is 12.4. The number of unbranched alkanes of at least 4 members (excludes halogenated alkanes) is 1. The summed E-state index contributed by atoms with van der Waals surface area (Å²) in [4.78, 5) is 0. The van der Waals surface area contributed by atoms with Crippen molar-refractivity contribution in [3.63, 3.8) is 0 Å². The minimum atomic E-state index is -3.37. The number of aromatic hydroxyl groups is 1. The number of phenolic OH excluding ortho intramolecular Hbond substituents is 1. The van der Waals surface area contributed by atoms with Crippen LogP contribution in [0.2, 0.25) is 0 Å². The SMILES string of the molecule is [B]C1=C2CC=C(c3ccccc3O)C=C(NCCCCI(#C)S(=O)(=O)/C=C/c3ccccc3)I2N=C1. The van der Waals surface area contributed by atoms with Crippen LogP contribution in [0.4, 0.5) is 0 Å². The molecule has 0 saturated carbocycles. The van der Waals surface area contributed by atoms with Crippen LogP contribution in [0.15, 0.2) is 88.1 Å². The number of nitrogens with one attached hydrogen (secondary N) is 1. The van der Waals surface area contributed by atoms with Gasteiger partial charge in [-0.05, 0) is 0 Å². The van der Waals surface area contributed by atoms with Gasteiger partial charge in [-0.15, -0.1) is 0 Å². The zero-order chi connectivity index (χ0) is 25.5. The Bertz CT molecular complexity index is 1450. The van der Waals surface area contributed by atoms with E-state index in [4.69, 9.17) is 15.4 Å². The van der Waals surface area contributed by atoms with Gasteiger partial charge in [0, 0.05) is 0 Å². The van der Waals surface area contributed by atoms with Crippen molar-refractivity contribution in [1.29, 1.82) is 0 Å². The predicted molar refractivity (Wildman–Crippen MR) is 170 cm³/mol. The van der Waals surface area contributed by atoms with E-state index >= 15 is 0 Å². The molecule has 36 heavy (non-hydrogen) atoms. The number of hydrogen-bond acceptors (Lipinski definition) is 5. The first kappa shape index (κ1) is 27.0. The third-order valence-electron chi connectivity index (χ3n) is 5.55. The number of hydrogen-bond donors (Lipinski definition) is 2. The van der Waals surface area contributed by atoms with Crippen molar-refractivity contribution in [2.45, 2.75) is 19.3 Å². The normalized spacial score (nSPS) is 16.7. The molecule has 2 heterocycles. The Morgan fingerprint density at radius 2 is 1.89 bits per heavy atom. The molecule has 2 aromatic carbocycles. The van der Waals surface area contributed by atoms with Gasteiger partial charge in [0.1, 0.15) is 0 Å². The maximum atomic E-state index is 12.6. The zero-order valence-corrected chi connectivity index (χ0v) is 24.8. The number of fused-ring (bicyclic) bond motifs is 1. The number of allylic oxidation sites excluding steroid dienone is 5. The van der Waals surface area contributed by atoms with E-state index in [9.17, 15) is 13.5 Å². The zero-order valence-electron chi connectivity index (χ0n) is 19.6. The monoisotopic (exact) mass is 724 g/mol. The number of alkyl halides is 1. The van der Waals surface area contributed by atoms with E-state index in [0.29, 0.717) is 11.0 Å². The summed E-state index contributed by atoms with van der Waals surface area (Å²) in [5.74, 6) is 0.239. The summed E-state index contributed by atoms with van der Waals surface area (Å²) in [5.41, 5.74) is 3.32. The number of phenols is 1. The van der Waals surface area contributed by atoms with Crippen LogP contribution in [0.5, 0.6) is 5.75 Å². The second-order valence-electron chi connectivity index (χ2n) is 8.09. The van der Waals surface area contributed by atoms with Crippen LogP contribution in [0.1, 0.15) is 30.4 Å². The first-order chi connectivity index (χ1) is 17.3. The average Bonchev–Trinajstić information content (AvgIpc) is 3.14. The predicted octanol–water partition coefficient (Wildman–Crippen LogP) is 6.37. The Hall–Kier alpha value is -2.08. The van der Waals surface area contributed by atoms with E-state index in [-0.39, 0.29) is 5.75 Å². The molecule has 4 rings (SSSR count). The average molecular weight is 724 g/mol. The fourth-order valence-corrected chi connectivity index (χ4v) is 14.3. The van der Waals surface area contributed by atoms with Gasteiger partial charge >= 0.3 is 211 Å². The van der Waals surface area contributed by atoms with Crippen LogP contribution in [-0.4, -0.2) is 38.6 Å². The van der Waals surface area contributed by atoms with Gasteiger partial charge in [0.2, 0.25) is 0 Å². The molecule has 0 saturated heterocycles. The first-order valence-electron chi connectivity index (χ1n) is 11.4. The van der Waals surface area contributed by atoms with Crippen molar-refractivity contribution < 1.29 is 13.5 Å². The number of nitrogens with zero attached hydrogens (tertiary/aromatic N) is 1. The minimum absolute atomic E-state index is 0.239. The van der Waals surface area contributed by atoms with Crippen LogP contribution in [0.3, 0.4) is 0 Å². The topological polar surface area (TPSA) is 78.8 Å². The van der Waals surface area contributed by atoms with Crippen LogP contribution in [-0.2, 0) is 7.01 Å². The molecule has 5 nitrogen and oxygen atoms in total. The molecule has 0 amide bonds. The van der Waals surface area contributed by atoms with E-state index in [2.05, 4.69) is 17.5 Å². The molecular formula is C27H27BI2N2O3S. The Morgan fingerprint density at radius 1 is 1.14 bits per heavy atom. The maximum absolute atomic E-state index is 12.6. The van der Waals surface area contributed by atoms with Crippen molar-refractivity contribution in [3.8, 4) is 10.1 Å². The molecule has 186 valence electrons. The summed E-state index contributed by atoms with van der Waals surface area (Å²) in [6, 6.07) is 16.7. The van der Waals surface area contributed by atoms with Gasteiger partial charge in [-0.1, -0.05) is 18.2 Å². The third kappa shape index (κ3) is 6.82. The summed E-state index contributed by atoms with van der Waals surface area (Å²) < 4.78 is 38.9.